The number of carbonyl (C=O) groups excluding carboxylic acids is 1. The van der Waals surface area contributed by atoms with Gasteiger partial charge in [0.15, 0.2) is 5.78 Å². The topological polar surface area (TPSA) is 20.3 Å². The number of carbonyl (C=O) groups is 1. The molecule has 0 unspecified atom stereocenters. The molecule has 1 aliphatic heterocycles. The summed E-state index contributed by atoms with van der Waals surface area (Å²) in [6, 6.07) is 4.07. The van der Waals surface area contributed by atoms with Crippen LogP contribution >= 0.6 is 23.1 Å². The fraction of sp³-hybridized carbons (Fsp3) is 0.667. The predicted octanol–water partition coefficient (Wildman–Crippen LogP) is 3.71. The van der Waals surface area contributed by atoms with Gasteiger partial charge in [0.2, 0.25) is 0 Å². The summed E-state index contributed by atoms with van der Waals surface area (Å²) in [6.07, 6.45) is 2.18. The van der Waals surface area contributed by atoms with Crippen LogP contribution in [0.3, 0.4) is 0 Å². The van der Waals surface area contributed by atoms with Crippen LogP contribution < -0.4 is 0 Å². The van der Waals surface area contributed by atoms with Crippen LogP contribution in [0.5, 0.6) is 0 Å². The number of Topliss-reactive ketones (excluding diaryl/α,β-unsaturated/α-hetero) is 1. The van der Waals surface area contributed by atoms with Crippen LogP contribution in [0, 0.1) is 0 Å². The molecule has 0 bridgehead atoms. The van der Waals surface area contributed by atoms with Gasteiger partial charge in [-0.05, 0) is 31.5 Å². The molecule has 1 aliphatic rings. The van der Waals surface area contributed by atoms with Crippen LogP contribution in [-0.4, -0.2) is 40.8 Å². The third kappa shape index (κ3) is 4.33. The molecule has 0 amide bonds. The highest BCUT2D eigenvalue weighted by Crippen LogP contribution is 2.30. The van der Waals surface area contributed by atoms with Crippen LogP contribution in [0.1, 0.15) is 41.7 Å². The molecule has 0 saturated carbocycles. The molecule has 0 atom stereocenters. The van der Waals surface area contributed by atoms with Gasteiger partial charge in [0.25, 0.3) is 0 Å². The molecule has 1 saturated heterocycles. The lowest BCUT2D eigenvalue weighted by atomic mass is 10.1. The van der Waals surface area contributed by atoms with Gasteiger partial charge in [0.05, 0.1) is 11.4 Å². The van der Waals surface area contributed by atoms with Gasteiger partial charge in [-0.1, -0.05) is 20.8 Å². The lowest BCUT2D eigenvalue weighted by Crippen LogP contribution is -2.32. The zero-order valence-electron chi connectivity index (χ0n) is 12.1. The monoisotopic (exact) mass is 297 g/mol. The molecule has 1 aromatic heterocycles. The van der Waals surface area contributed by atoms with Crippen molar-refractivity contribution in [1.29, 1.82) is 0 Å². The molecule has 0 radical (unpaired) electrons. The van der Waals surface area contributed by atoms with Gasteiger partial charge in [-0.25, -0.2) is 0 Å². The van der Waals surface area contributed by atoms with Crippen molar-refractivity contribution >= 4 is 28.9 Å². The van der Waals surface area contributed by atoms with E-state index in [4.69, 9.17) is 0 Å². The summed E-state index contributed by atoms with van der Waals surface area (Å²) in [4.78, 5) is 16.8. The lowest BCUT2D eigenvalue weighted by molar-refractivity contribution is 0.0938. The number of hydrogen-bond acceptors (Lipinski definition) is 4. The molecule has 4 heteroatoms. The van der Waals surface area contributed by atoms with Crippen molar-refractivity contribution in [3.05, 3.63) is 21.9 Å². The van der Waals surface area contributed by atoms with Gasteiger partial charge in [-0.15, -0.1) is 11.3 Å². The number of rotatable bonds is 4. The number of thioether (sulfide) groups is 1. The summed E-state index contributed by atoms with van der Waals surface area (Å²) in [5, 5.41) is 0. The largest absolute Gasteiger partial charge is 0.295 e. The van der Waals surface area contributed by atoms with Crippen molar-refractivity contribution in [2.24, 2.45) is 0 Å². The van der Waals surface area contributed by atoms with E-state index in [0.29, 0.717) is 11.3 Å². The first-order valence-electron chi connectivity index (χ1n) is 6.98. The molecule has 0 aliphatic carbocycles. The summed E-state index contributed by atoms with van der Waals surface area (Å²) in [5.74, 6) is 1.42. The molecule has 1 aromatic rings. The standard InChI is InChI=1S/C15H23NOS2/c1-4-12-5-6-14(19-12)13(17)11-16-8-7-15(2,3)18-10-9-16/h5-6H,4,7-11H2,1-3H3. The Morgan fingerprint density at radius 1 is 1.37 bits per heavy atom. The molecular weight excluding hydrogens is 274 g/mol. The second-order valence-corrected chi connectivity index (χ2v) is 8.65. The molecule has 2 rings (SSSR count). The Bertz CT molecular complexity index is 439. The Morgan fingerprint density at radius 3 is 2.84 bits per heavy atom. The van der Waals surface area contributed by atoms with E-state index in [1.807, 2.05) is 17.8 Å². The van der Waals surface area contributed by atoms with Gasteiger partial charge < -0.3 is 0 Å². The molecule has 1 fully saturated rings. The summed E-state index contributed by atoms with van der Waals surface area (Å²) < 4.78 is 0.357. The van der Waals surface area contributed by atoms with Crippen molar-refractivity contribution in [2.75, 3.05) is 25.4 Å². The molecule has 19 heavy (non-hydrogen) atoms. The number of ketones is 1. The quantitative estimate of drug-likeness (QED) is 0.790. The van der Waals surface area contributed by atoms with E-state index in [2.05, 4.69) is 31.7 Å². The first kappa shape index (κ1) is 15.1. The average molecular weight is 297 g/mol. The van der Waals surface area contributed by atoms with E-state index in [1.165, 1.54) is 4.88 Å². The smallest absolute Gasteiger partial charge is 0.186 e. The highest BCUT2D eigenvalue weighted by Gasteiger charge is 2.24. The third-order valence-corrected chi connectivity index (χ3v) is 6.23. The summed E-state index contributed by atoms with van der Waals surface area (Å²) in [5.41, 5.74) is 0. The zero-order valence-corrected chi connectivity index (χ0v) is 13.7. The average Bonchev–Trinajstić information content (AvgIpc) is 2.78. The van der Waals surface area contributed by atoms with E-state index in [1.54, 1.807) is 11.3 Å². The van der Waals surface area contributed by atoms with Crippen molar-refractivity contribution in [3.8, 4) is 0 Å². The molecule has 106 valence electrons. The summed E-state index contributed by atoms with van der Waals surface area (Å²) >= 11 is 3.68. The Balaban J connectivity index is 1.91. The van der Waals surface area contributed by atoms with Crippen LogP contribution in [0.2, 0.25) is 0 Å². The van der Waals surface area contributed by atoms with Crippen molar-refractivity contribution in [2.45, 2.75) is 38.4 Å². The van der Waals surface area contributed by atoms with Gasteiger partial charge in [0.1, 0.15) is 0 Å². The van der Waals surface area contributed by atoms with Crippen molar-refractivity contribution < 1.29 is 4.79 Å². The molecule has 0 aromatic carbocycles. The van der Waals surface area contributed by atoms with Crippen molar-refractivity contribution in [1.82, 2.24) is 4.90 Å². The van der Waals surface area contributed by atoms with Crippen LogP contribution in [0.4, 0.5) is 0 Å². The zero-order chi connectivity index (χ0) is 13.9. The van der Waals surface area contributed by atoms with Crippen LogP contribution in [-0.2, 0) is 6.42 Å². The third-order valence-electron chi connectivity index (χ3n) is 3.58. The SMILES string of the molecule is CCc1ccc(C(=O)CN2CCSC(C)(C)CC2)s1. The maximum atomic E-state index is 12.3. The summed E-state index contributed by atoms with van der Waals surface area (Å²) in [6.45, 7) is 9.39. The van der Waals surface area contributed by atoms with E-state index in [-0.39, 0.29) is 5.78 Å². The second kappa shape index (κ2) is 6.42. The van der Waals surface area contributed by atoms with E-state index in [9.17, 15) is 4.79 Å². The maximum Gasteiger partial charge on any atom is 0.186 e. The lowest BCUT2D eigenvalue weighted by Gasteiger charge is -2.22. The van der Waals surface area contributed by atoms with Gasteiger partial charge in [-0.3, -0.25) is 9.69 Å². The first-order chi connectivity index (χ1) is 9.00. The van der Waals surface area contributed by atoms with Crippen LogP contribution in [0.15, 0.2) is 12.1 Å². The first-order valence-corrected chi connectivity index (χ1v) is 8.78. The predicted molar refractivity (Wildman–Crippen MR) is 85.6 cm³/mol. The van der Waals surface area contributed by atoms with E-state index >= 15 is 0 Å². The van der Waals surface area contributed by atoms with Crippen molar-refractivity contribution in [3.63, 3.8) is 0 Å². The van der Waals surface area contributed by atoms with E-state index < -0.39 is 0 Å². The molecule has 0 N–H and O–H groups in total. The number of thiophene rings is 1. The second-order valence-electron chi connectivity index (χ2n) is 5.68. The molecular formula is C15H23NOS2. The van der Waals surface area contributed by atoms with E-state index in [0.717, 1.165) is 36.6 Å². The molecule has 0 spiro atoms. The van der Waals surface area contributed by atoms with Gasteiger partial charge in [0, 0.05) is 21.9 Å². The van der Waals surface area contributed by atoms with Gasteiger partial charge >= 0.3 is 0 Å². The molecule has 2 nitrogen and oxygen atoms in total. The normalized spacial score (nSPS) is 20.2. The maximum absolute atomic E-state index is 12.3. The number of hydrogen-bond donors (Lipinski definition) is 0. The number of nitrogens with zero attached hydrogens (tertiary/aromatic N) is 1. The Morgan fingerprint density at radius 2 is 2.16 bits per heavy atom. The minimum atomic E-state index is 0.286. The summed E-state index contributed by atoms with van der Waals surface area (Å²) in [7, 11) is 0. The highest BCUT2D eigenvalue weighted by atomic mass is 32.2. The fourth-order valence-corrected chi connectivity index (χ4v) is 4.23. The minimum Gasteiger partial charge on any atom is -0.295 e. The van der Waals surface area contributed by atoms with Crippen LogP contribution in [0.25, 0.3) is 0 Å². The Kier molecular flexibility index (Phi) is 5.09. The Hall–Kier alpha value is -0.320. The minimum absolute atomic E-state index is 0.286. The van der Waals surface area contributed by atoms with Gasteiger partial charge in [-0.2, -0.15) is 11.8 Å². The molecule has 2 heterocycles. The Labute approximate surface area is 124 Å². The fourth-order valence-electron chi connectivity index (χ4n) is 2.22. The number of aryl methyl sites for hydroxylation is 1. The highest BCUT2D eigenvalue weighted by molar-refractivity contribution is 8.00.